The topological polar surface area (TPSA) is 79.5 Å². The van der Waals surface area contributed by atoms with Crippen molar-refractivity contribution >= 4 is 11.9 Å². The van der Waals surface area contributed by atoms with Crippen molar-refractivity contribution in [1.29, 1.82) is 0 Å². The van der Waals surface area contributed by atoms with Gasteiger partial charge in [0.2, 0.25) is 0 Å². The lowest BCUT2D eigenvalue weighted by molar-refractivity contribution is -0.141. The summed E-state index contributed by atoms with van der Waals surface area (Å²) in [5, 5.41) is 0. The van der Waals surface area contributed by atoms with E-state index in [9.17, 15) is 14.4 Å². The van der Waals surface area contributed by atoms with Gasteiger partial charge in [0.1, 0.15) is 12.1 Å². The Bertz CT molecular complexity index is 481. The number of esters is 1. The maximum absolute atomic E-state index is 12.1. The summed E-state index contributed by atoms with van der Waals surface area (Å²) < 4.78 is 4.52. The number of aromatic nitrogens is 1. The van der Waals surface area contributed by atoms with Crippen molar-refractivity contribution in [1.82, 2.24) is 9.88 Å². The maximum Gasteiger partial charge on any atom is 0.325 e. The largest absolute Gasteiger partial charge is 0.468 e. The van der Waals surface area contributed by atoms with E-state index < -0.39 is 17.4 Å². The molecule has 0 aliphatic carbocycles. The molecule has 1 N–H and O–H groups in total. The molecule has 1 rings (SSSR count). The van der Waals surface area contributed by atoms with Gasteiger partial charge in [-0.05, 0) is 18.6 Å². The van der Waals surface area contributed by atoms with Gasteiger partial charge in [0.05, 0.1) is 7.11 Å². The first-order valence-electron chi connectivity index (χ1n) is 5.64. The molecular weight excluding hydrogens is 236 g/mol. The molecule has 18 heavy (non-hydrogen) atoms. The second-order valence-corrected chi connectivity index (χ2v) is 3.72. The number of carbonyl (C=O) groups excluding carboxylic acids is 2. The Morgan fingerprint density at radius 2 is 2.17 bits per heavy atom. The van der Waals surface area contributed by atoms with Crippen LogP contribution in [0.5, 0.6) is 0 Å². The third-order valence-electron chi connectivity index (χ3n) is 2.38. The Kier molecular flexibility index (Phi) is 5.10. The first-order chi connectivity index (χ1) is 8.60. The Hall–Kier alpha value is -2.11. The normalized spacial score (nSPS) is 9.89. The predicted octanol–water partition coefficient (Wildman–Crippen LogP) is 0.400. The van der Waals surface area contributed by atoms with Crippen LogP contribution in [0, 0.1) is 0 Å². The van der Waals surface area contributed by atoms with Crippen molar-refractivity contribution in [3.63, 3.8) is 0 Å². The lowest BCUT2D eigenvalue weighted by Gasteiger charge is -2.20. The van der Waals surface area contributed by atoms with Gasteiger partial charge < -0.3 is 14.6 Å². The average molecular weight is 252 g/mol. The highest BCUT2D eigenvalue weighted by molar-refractivity contribution is 5.95. The average Bonchev–Trinajstić information content (AvgIpc) is 2.38. The standard InChI is InChI=1S/C12H16N2O4/c1-3-7-14(8-10(15)18-2)12(17)9-5-4-6-13-11(9)16/h4-6H,3,7-8H2,1-2H3,(H,13,16). The van der Waals surface area contributed by atoms with Crippen molar-refractivity contribution in [2.45, 2.75) is 13.3 Å². The van der Waals surface area contributed by atoms with E-state index in [1.807, 2.05) is 6.92 Å². The van der Waals surface area contributed by atoms with Crippen molar-refractivity contribution in [2.75, 3.05) is 20.2 Å². The van der Waals surface area contributed by atoms with Gasteiger partial charge in [-0.3, -0.25) is 14.4 Å². The first-order valence-corrected chi connectivity index (χ1v) is 5.64. The molecule has 0 spiro atoms. The number of pyridine rings is 1. The number of nitrogens with zero attached hydrogens (tertiary/aromatic N) is 1. The van der Waals surface area contributed by atoms with Crippen molar-refractivity contribution in [2.24, 2.45) is 0 Å². The molecule has 1 aromatic rings. The van der Waals surface area contributed by atoms with Crippen LogP contribution >= 0.6 is 0 Å². The van der Waals surface area contributed by atoms with Crippen LogP contribution in [0.4, 0.5) is 0 Å². The van der Waals surface area contributed by atoms with Crippen molar-refractivity contribution in [3.8, 4) is 0 Å². The molecule has 6 nitrogen and oxygen atoms in total. The number of amides is 1. The SMILES string of the molecule is CCCN(CC(=O)OC)C(=O)c1ccc[nH]c1=O. The minimum absolute atomic E-state index is 0.0230. The summed E-state index contributed by atoms with van der Waals surface area (Å²) in [6, 6.07) is 3.00. The quantitative estimate of drug-likeness (QED) is 0.769. The van der Waals surface area contributed by atoms with Gasteiger partial charge in [0, 0.05) is 12.7 Å². The summed E-state index contributed by atoms with van der Waals surface area (Å²) in [6.45, 7) is 2.12. The van der Waals surface area contributed by atoms with Crippen molar-refractivity contribution in [3.05, 3.63) is 34.2 Å². The van der Waals surface area contributed by atoms with Gasteiger partial charge in [-0.25, -0.2) is 0 Å². The number of hydrogen-bond acceptors (Lipinski definition) is 4. The Morgan fingerprint density at radius 3 is 2.72 bits per heavy atom. The molecule has 1 heterocycles. The van der Waals surface area contributed by atoms with E-state index in [0.717, 1.165) is 0 Å². The lowest BCUT2D eigenvalue weighted by Crippen LogP contribution is -2.39. The van der Waals surface area contributed by atoms with Crippen molar-refractivity contribution < 1.29 is 14.3 Å². The molecule has 0 fully saturated rings. The second kappa shape index (κ2) is 6.58. The number of aromatic amines is 1. The molecular formula is C12H16N2O4. The Morgan fingerprint density at radius 1 is 1.44 bits per heavy atom. The lowest BCUT2D eigenvalue weighted by atomic mass is 10.2. The van der Waals surface area contributed by atoms with Crippen LogP contribution in [-0.2, 0) is 9.53 Å². The fourth-order valence-corrected chi connectivity index (χ4v) is 1.50. The first kappa shape index (κ1) is 14.0. The van der Waals surface area contributed by atoms with Crippen LogP contribution < -0.4 is 5.56 Å². The fraction of sp³-hybridized carbons (Fsp3) is 0.417. The van der Waals surface area contributed by atoms with E-state index in [4.69, 9.17) is 0 Å². The molecule has 98 valence electrons. The fourth-order valence-electron chi connectivity index (χ4n) is 1.50. The molecule has 0 saturated carbocycles. The molecule has 1 aromatic heterocycles. The minimum atomic E-state index is -0.510. The molecule has 0 atom stereocenters. The Labute approximate surface area is 105 Å². The highest BCUT2D eigenvalue weighted by atomic mass is 16.5. The summed E-state index contributed by atoms with van der Waals surface area (Å²) in [5.41, 5.74) is -0.441. The third kappa shape index (κ3) is 3.44. The van der Waals surface area contributed by atoms with E-state index >= 15 is 0 Å². The number of nitrogens with one attached hydrogen (secondary N) is 1. The molecule has 6 heteroatoms. The summed E-state index contributed by atoms with van der Waals surface area (Å²) in [6.07, 6.45) is 2.14. The monoisotopic (exact) mass is 252 g/mol. The van der Waals surface area contributed by atoms with Gasteiger partial charge in [0.25, 0.3) is 11.5 Å². The van der Waals surface area contributed by atoms with Crippen LogP contribution in [0.3, 0.4) is 0 Å². The van der Waals surface area contributed by atoms with Crippen LogP contribution in [0.2, 0.25) is 0 Å². The molecule has 1 amide bonds. The number of rotatable bonds is 5. The number of methoxy groups -OCH3 is 1. The minimum Gasteiger partial charge on any atom is -0.468 e. The number of H-pyrrole nitrogens is 1. The zero-order valence-corrected chi connectivity index (χ0v) is 10.4. The van der Waals surface area contributed by atoms with E-state index in [2.05, 4.69) is 9.72 Å². The molecule has 0 aromatic carbocycles. The highest BCUT2D eigenvalue weighted by Crippen LogP contribution is 2.01. The van der Waals surface area contributed by atoms with Gasteiger partial charge in [-0.1, -0.05) is 6.92 Å². The van der Waals surface area contributed by atoms with Crippen LogP contribution in [-0.4, -0.2) is 42.0 Å². The smallest absolute Gasteiger partial charge is 0.325 e. The van der Waals surface area contributed by atoms with Gasteiger partial charge in [0.15, 0.2) is 0 Å². The van der Waals surface area contributed by atoms with Crippen LogP contribution in [0.25, 0.3) is 0 Å². The highest BCUT2D eigenvalue weighted by Gasteiger charge is 2.20. The van der Waals surface area contributed by atoms with E-state index in [1.165, 1.54) is 24.3 Å². The van der Waals surface area contributed by atoms with Crippen LogP contribution in [0.15, 0.2) is 23.1 Å². The van der Waals surface area contributed by atoms with Gasteiger partial charge in [-0.2, -0.15) is 0 Å². The Balaban J connectivity index is 2.92. The zero-order valence-electron chi connectivity index (χ0n) is 10.4. The van der Waals surface area contributed by atoms with Gasteiger partial charge in [-0.15, -0.1) is 0 Å². The van der Waals surface area contributed by atoms with E-state index in [1.54, 1.807) is 6.07 Å². The molecule has 0 aliphatic heterocycles. The maximum atomic E-state index is 12.1. The molecule has 0 aliphatic rings. The summed E-state index contributed by atoms with van der Waals surface area (Å²) >= 11 is 0. The summed E-state index contributed by atoms with van der Waals surface area (Å²) in [4.78, 5) is 38.6. The molecule has 0 bridgehead atoms. The number of hydrogen-bond donors (Lipinski definition) is 1. The summed E-state index contributed by atoms with van der Waals surface area (Å²) in [5.74, 6) is -0.978. The van der Waals surface area contributed by atoms with E-state index in [0.29, 0.717) is 13.0 Å². The molecule has 0 unspecified atom stereocenters. The second-order valence-electron chi connectivity index (χ2n) is 3.72. The van der Waals surface area contributed by atoms with Crippen LogP contribution in [0.1, 0.15) is 23.7 Å². The third-order valence-corrected chi connectivity index (χ3v) is 2.38. The van der Waals surface area contributed by atoms with Gasteiger partial charge >= 0.3 is 5.97 Å². The molecule has 0 radical (unpaired) electrons. The molecule has 0 saturated heterocycles. The predicted molar refractivity (Wildman–Crippen MR) is 65.3 cm³/mol. The zero-order chi connectivity index (χ0) is 13.5. The summed E-state index contributed by atoms with van der Waals surface area (Å²) in [7, 11) is 1.26. The number of ether oxygens (including phenoxy) is 1. The van der Waals surface area contributed by atoms with E-state index in [-0.39, 0.29) is 12.1 Å². The number of carbonyl (C=O) groups is 2.